The molecular weight excluding hydrogens is 296 g/mol. The number of rotatable bonds is 4. The monoisotopic (exact) mass is 314 g/mol. The summed E-state index contributed by atoms with van der Waals surface area (Å²) in [6.07, 6.45) is 1.62. The Labute approximate surface area is 133 Å². The second-order valence-corrected chi connectivity index (χ2v) is 5.17. The Kier molecular flexibility index (Phi) is 4.01. The van der Waals surface area contributed by atoms with Crippen LogP contribution in [0.4, 0.5) is 0 Å². The molecule has 3 rings (SSSR count). The summed E-state index contributed by atoms with van der Waals surface area (Å²) < 4.78 is 12.4. The Morgan fingerprint density at radius 3 is 2.91 bits per heavy atom. The first-order chi connectivity index (χ1) is 11.1. The van der Waals surface area contributed by atoms with Gasteiger partial charge in [-0.3, -0.25) is 9.48 Å². The van der Waals surface area contributed by atoms with Crippen molar-refractivity contribution in [2.45, 2.75) is 27.3 Å². The third-order valence-corrected chi connectivity index (χ3v) is 3.73. The van der Waals surface area contributed by atoms with E-state index in [4.69, 9.17) is 9.47 Å². The van der Waals surface area contributed by atoms with Crippen molar-refractivity contribution in [2.24, 2.45) is 5.10 Å². The molecule has 0 aliphatic carbocycles. The molecule has 23 heavy (non-hydrogen) atoms. The summed E-state index contributed by atoms with van der Waals surface area (Å²) in [6, 6.07) is 5.02. The van der Waals surface area contributed by atoms with E-state index in [1.165, 1.54) is 0 Å². The molecule has 0 radical (unpaired) electrons. The number of carbonyl (C=O) groups is 1. The summed E-state index contributed by atoms with van der Waals surface area (Å²) in [7, 11) is 0. The number of nitrogens with one attached hydrogen (secondary N) is 1. The maximum atomic E-state index is 12.1. The molecule has 1 aliphatic heterocycles. The highest BCUT2D eigenvalue weighted by Gasteiger charge is 2.16. The van der Waals surface area contributed by atoms with Crippen LogP contribution < -0.4 is 14.9 Å². The van der Waals surface area contributed by atoms with Crippen molar-refractivity contribution in [1.82, 2.24) is 15.2 Å². The van der Waals surface area contributed by atoms with Crippen LogP contribution in [0.5, 0.6) is 11.5 Å². The molecule has 0 atom stereocenters. The molecule has 0 bridgehead atoms. The molecule has 1 N–H and O–H groups in total. The molecule has 1 aromatic heterocycles. The number of hydrogen-bond acceptors (Lipinski definition) is 5. The molecule has 0 saturated carbocycles. The summed E-state index contributed by atoms with van der Waals surface area (Å²) in [5.74, 6) is 0.901. The fraction of sp³-hybridized carbons (Fsp3) is 0.312. The van der Waals surface area contributed by atoms with Crippen LogP contribution in [0.25, 0.3) is 0 Å². The van der Waals surface area contributed by atoms with E-state index in [9.17, 15) is 4.79 Å². The fourth-order valence-electron chi connectivity index (χ4n) is 2.46. The summed E-state index contributed by atoms with van der Waals surface area (Å²) in [5.41, 5.74) is 5.79. The number of benzene rings is 1. The third-order valence-electron chi connectivity index (χ3n) is 3.73. The molecular formula is C16H18N4O3. The van der Waals surface area contributed by atoms with Gasteiger partial charge in [0.25, 0.3) is 5.91 Å². The number of ether oxygens (including phenoxy) is 2. The molecule has 2 heterocycles. The Balaban J connectivity index is 1.70. The molecule has 0 fully saturated rings. The predicted octanol–water partition coefficient (Wildman–Crippen LogP) is 2.01. The van der Waals surface area contributed by atoms with Gasteiger partial charge in [-0.2, -0.15) is 10.2 Å². The van der Waals surface area contributed by atoms with Crippen LogP contribution in [0.2, 0.25) is 0 Å². The second-order valence-electron chi connectivity index (χ2n) is 5.17. The number of carbonyl (C=O) groups excluding carboxylic acids is 1. The number of fused-ring (bicyclic) bond motifs is 1. The van der Waals surface area contributed by atoms with Gasteiger partial charge in [-0.25, -0.2) is 5.43 Å². The lowest BCUT2D eigenvalue weighted by Gasteiger charge is -2.02. The number of hydrazone groups is 1. The number of hydrogen-bond donors (Lipinski definition) is 1. The van der Waals surface area contributed by atoms with Crippen LogP contribution in [0.3, 0.4) is 0 Å². The Hall–Kier alpha value is -2.83. The standard InChI is InChI=1S/C16H18N4O3/c1-4-20-11(3)13(10(2)19-20)8-17-18-16(21)12-5-6-14-15(7-12)23-9-22-14/h5-8H,4,9H2,1-3H3,(H,18,21). The lowest BCUT2D eigenvalue weighted by molar-refractivity contribution is 0.0954. The van der Waals surface area contributed by atoms with Gasteiger partial charge in [0.1, 0.15) is 0 Å². The molecule has 7 heteroatoms. The molecule has 1 amide bonds. The largest absolute Gasteiger partial charge is 0.454 e. The van der Waals surface area contributed by atoms with Crippen molar-refractivity contribution in [1.29, 1.82) is 0 Å². The number of aryl methyl sites for hydroxylation is 2. The Morgan fingerprint density at radius 1 is 1.39 bits per heavy atom. The van der Waals surface area contributed by atoms with Gasteiger partial charge in [0.05, 0.1) is 11.9 Å². The van der Waals surface area contributed by atoms with Crippen LogP contribution in [0, 0.1) is 13.8 Å². The van der Waals surface area contributed by atoms with E-state index in [0.717, 1.165) is 23.5 Å². The van der Waals surface area contributed by atoms with Crippen LogP contribution in [-0.2, 0) is 6.54 Å². The van der Waals surface area contributed by atoms with E-state index in [1.54, 1.807) is 24.4 Å². The van der Waals surface area contributed by atoms with E-state index in [-0.39, 0.29) is 12.7 Å². The average molecular weight is 314 g/mol. The minimum Gasteiger partial charge on any atom is -0.454 e. The van der Waals surface area contributed by atoms with E-state index in [0.29, 0.717) is 17.1 Å². The van der Waals surface area contributed by atoms with Crippen molar-refractivity contribution in [3.05, 3.63) is 40.7 Å². The van der Waals surface area contributed by atoms with Gasteiger partial charge in [-0.1, -0.05) is 0 Å². The summed E-state index contributed by atoms with van der Waals surface area (Å²) in [4.78, 5) is 12.1. The van der Waals surface area contributed by atoms with Crippen molar-refractivity contribution in [3.63, 3.8) is 0 Å². The van der Waals surface area contributed by atoms with Crippen LogP contribution in [0.15, 0.2) is 23.3 Å². The van der Waals surface area contributed by atoms with Crippen molar-refractivity contribution >= 4 is 12.1 Å². The maximum Gasteiger partial charge on any atom is 0.271 e. The SMILES string of the molecule is CCn1nc(C)c(C=NNC(=O)c2ccc3c(c2)OCO3)c1C. The van der Waals surface area contributed by atoms with Gasteiger partial charge >= 0.3 is 0 Å². The van der Waals surface area contributed by atoms with E-state index in [1.807, 2.05) is 25.5 Å². The van der Waals surface area contributed by atoms with Crippen molar-refractivity contribution < 1.29 is 14.3 Å². The lowest BCUT2D eigenvalue weighted by atomic mass is 10.2. The van der Waals surface area contributed by atoms with Gasteiger partial charge in [0.2, 0.25) is 6.79 Å². The van der Waals surface area contributed by atoms with Gasteiger partial charge in [0.15, 0.2) is 11.5 Å². The number of nitrogens with zero attached hydrogens (tertiary/aromatic N) is 3. The first-order valence-electron chi connectivity index (χ1n) is 7.37. The first-order valence-corrected chi connectivity index (χ1v) is 7.37. The molecule has 0 spiro atoms. The second kappa shape index (κ2) is 6.12. The highest BCUT2D eigenvalue weighted by atomic mass is 16.7. The zero-order valence-corrected chi connectivity index (χ0v) is 13.3. The van der Waals surface area contributed by atoms with Gasteiger partial charge in [0, 0.05) is 23.4 Å². The van der Waals surface area contributed by atoms with Gasteiger partial charge < -0.3 is 9.47 Å². The van der Waals surface area contributed by atoms with Crippen LogP contribution in [-0.4, -0.2) is 28.7 Å². The van der Waals surface area contributed by atoms with E-state index >= 15 is 0 Å². The zero-order chi connectivity index (χ0) is 16.4. The zero-order valence-electron chi connectivity index (χ0n) is 13.3. The maximum absolute atomic E-state index is 12.1. The highest BCUT2D eigenvalue weighted by molar-refractivity contribution is 5.95. The Bertz CT molecular complexity index is 780. The number of amides is 1. The summed E-state index contributed by atoms with van der Waals surface area (Å²) in [5, 5.41) is 8.44. The van der Waals surface area contributed by atoms with Crippen LogP contribution in [0.1, 0.15) is 34.2 Å². The minimum atomic E-state index is -0.308. The highest BCUT2D eigenvalue weighted by Crippen LogP contribution is 2.32. The quantitative estimate of drug-likeness (QED) is 0.692. The number of aromatic nitrogens is 2. The smallest absolute Gasteiger partial charge is 0.271 e. The van der Waals surface area contributed by atoms with Gasteiger partial charge in [-0.05, 0) is 39.0 Å². The first kappa shape index (κ1) is 15.1. The molecule has 1 aromatic carbocycles. The summed E-state index contributed by atoms with van der Waals surface area (Å²) in [6.45, 7) is 6.90. The van der Waals surface area contributed by atoms with Crippen molar-refractivity contribution in [2.75, 3.05) is 6.79 Å². The molecule has 2 aromatic rings. The lowest BCUT2D eigenvalue weighted by Crippen LogP contribution is -2.17. The fourth-order valence-corrected chi connectivity index (χ4v) is 2.46. The van der Waals surface area contributed by atoms with Crippen molar-refractivity contribution in [3.8, 4) is 11.5 Å². The van der Waals surface area contributed by atoms with Crippen LogP contribution >= 0.6 is 0 Å². The summed E-state index contributed by atoms with van der Waals surface area (Å²) >= 11 is 0. The molecule has 120 valence electrons. The van der Waals surface area contributed by atoms with E-state index in [2.05, 4.69) is 15.6 Å². The van der Waals surface area contributed by atoms with Gasteiger partial charge in [-0.15, -0.1) is 0 Å². The predicted molar refractivity (Wildman–Crippen MR) is 85.0 cm³/mol. The minimum absolute atomic E-state index is 0.179. The molecule has 0 unspecified atom stereocenters. The molecule has 0 saturated heterocycles. The normalized spacial score (nSPS) is 12.8. The molecule has 1 aliphatic rings. The van der Waals surface area contributed by atoms with E-state index < -0.39 is 0 Å². The topological polar surface area (TPSA) is 77.7 Å². The Morgan fingerprint density at radius 2 is 2.17 bits per heavy atom. The average Bonchev–Trinajstić information content (AvgIpc) is 3.12. The molecule has 7 nitrogen and oxygen atoms in total. The third kappa shape index (κ3) is 2.90.